The normalized spacial score (nSPS) is 18.9. The molecule has 160 valence electrons. The highest BCUT2D eigenvalue weighted by Gasteiger charge is 2.23. The van der Waals surface area contributed by atoms with Crippen LogP contribution in [0, 0.1) is 0 Å². The van der Waals surface area contributed by atoms with Crippen molar-refractivity contribution < 1.29 is 4.79 Å². The van der Waals surface area contributed by atoms with E-state index in [0.717, 1.165) is 59.4 Å². The number of aromatic amines is 1. The Kier molecular flexibility index (Phi) is 4.89. The van der Waals surface area contributed by atoms with Gasteiger partial charge in [0.15, 0.2) is 5.65 Å². The van der Waals surface area contributed by atoms with Gasteiger partial charge >= 0.3 is 0 Å². The van der Waals surface area contributed by atoms with Gasteiger partial charge in [0, 0.05) is 50.1 Å². The van der Waals surface area contributed by atoms with E-state index in [1.54, 1.807) is 17.6 Å². The second-order valence-electron chi connectivity index (χ2n) is 7.91. The van der Waals surface area contributed by atoms with Crippen molar-refractivity contribution in [2.24, 2.45) is 0 Å². The first kappa shape index (κ1) is 19.3. The molecule has 0 aromatic carbocycles. The maximum absolute atomic E-state index is 11.3. The first-order chi connectivity index (χ1) is 15.1. The highest BCUT2D eigenvalue weighted by molar-refractivity contribution is 6.00. The molecular weight excluding hydrogens is 394 g/mol. The van der Waals surface area contributed by atoms with E-state index < -0.39 is 0 Å². The van der Waals surface area contributed by atoms with Gasteiger partial charge in [-0.15, -0.1) is 0 Å². The van der Waals surface area contributed by atoms with Crippen LogP contribution < -0.4 is 16.0 Å². The summed E-state index contributed by atoms with van der Waals surface area (Å²) < 4.78 is 1.73. The number of nitrogens with zero attached hydrogens (tertiary/aromatic N) is 5. The number of hydrogen-bond donors (Lipinski definition) is 4. The summed E-state index contributed by atoms with van der Waals surface area (Å²) in [5, 5.41) is 14.8. The van der Waals surface area contributed by atoms with Crippen LogP contribution in [0.5, 0.6) is 0 Å². The van der Waals surface area contributed by atoms with Crippen molar-refractivity contribution >= 4 is 34.4 Å². The third kappa shape index (κ3) is 3.76. The second-order valence-corrected chi connectivity index (χ2v) is 7.91. The zero-order valence-corrected chi connectivity index (χ0v) is 17.5. The molecule has 1 aliphatic carbocycles. The van der Waals surface area contributed by atoms with E-state index >= 15 is 0 Å². The lowest BCUT2D eigenvalue weighted by Crippen LogP contribution is -2.39. The molecule has 0 unspecified atom stereocenters. The number of rotatable bonds is 5. The van der Waals surface area contributed by atoms with Gasteiger partial charge in [-0.05, 0) is 31.7 Å². The van der Waals surface area contributed by atoms with Crippen LogP contribution in [0.1, 0.15) is 32.6 Å². The second kappa shape index (κ2) is 7.86. The van der Waals surface area contributed by atoms with Crippen LogP contribution in [0.25, 0.3) is 27.9 Å². The van der Waals surface area contributed by atoms with Crippen molar-refractivity contribution in [1.29, 1.82) is 0 Å². The zero-order valence-electron chi connectivity index (χ0n) is 17.5. The molecule has 5 rings (SSSR count). The highest BCUT2D eigenvalue weighted by Crippen LogP contribution is 2.32. The molecule has 0 radical (unpaired) electrons. The van der Waals surface area contributed by atoms with Gasteiger partial charge in [0.1, 0.15) is 11.5 Å². The third-order valence-electron chi connectivity index (χ3n) is 5.77. The molecule has 0 aliphatic heterocycles. The van der Waals surface area contributed by atoms with Gasteiger partial charge in [-0.1, -0.05) is 0 Å². The molecule has 4 N–H and O–H groups in total. The zero-order chi connectivity index (χ0) is 21.4. The van der Waals surface area contributed by atoms with E-state index in [9.17, 15) is 4.79 Å². The van der Waals surface area contributed by atoms with Crippen molar-refractivity contribution in [1.82, 2.24) is 34.9 Å². The minimum Gasteiger partial charge on any atom is -0.372 e. The van der Waals surface area contributed by atoms with Crippen molar-refractivity contribution in [3.05, 3.63) is 30.7 Å². The standard InChI is InChI=1S/C21H25N9O/c1-12(31)25-13-3-5-14(6-4-13)26-21-28-19(22-2)18-15(11-23-20(18)29-21)16-8-10-30-17(27-16)7-9-24-30/h7-11,13-14H,3-6H2,1-2H3,(H,25,31)(H3,22,23,26,28,29)/t13-,14+. The minimum atomic E-state index is 0.0354. The quantitative estimate of drug-likeness (QED) is 0.392. The molecule has 0 bridgehead atoms. The Morgan fingerprint density at radius 2 is 1.94 bits per heavy atom. The summed E-state index contributed by atoms with van der Waals surface area (Å²) in [6.07, 6.45) is 9.37. The van der Waals surface area contributed by atoms with E-state index in [4.69, 9.17) is 15.0 Å². The number of hydrogen-bond acceptors (Lipinski definition) is 7. The molecule has 4 aromatic heterocycles. The summed E-state index contributed by atoms with van der Waals surface area (Å²) in [4.78, 5) is 28.7. The van der Waals surface area contributed by atoms with E-state index in [-0.39, 0.29) is 18.0 Å². The Hall–Kier alpha value is -3.69. The van der Waals surface area contributed by atoms with Gasteiger partial charge in [-0.25, -0.2) is 9.50 Å². The molecule has 0 spiro atoms. The van der Waals surface area contributed by atoms with E-state index in [1.165, 1.54) is 0 Å². The van der Waals surface area contributed by atoms with Crippen LogP contribution in [0.3, 0.4) is 0 Å². The van der Waals surface area contributed by atoms with Gasteiger partial charge < -0.3 is 20.9 Å². The maximum atomic E-state index is 11.3. The van der Waals surface area contributed by atoms with Crippen LogP contribution in [0.4, 0.5) is 11.8 Å². The lowest BCUT2D eigenvalue weighted by molar-refractivity contribution is -0.119. The first-order valence-electron chi connectivity index (χ1n) is 10.5. The third-order valence-corrected chi connectivity index (χ3v) is 5.77. The van der Waals surface area contributed by atoms with E-state index in [1.807, 2.05) is 31.6 Å². The number of aromatic nitrogens is 6. The summed E-state index contributed by atoms with van der Waals surface area (Å²) >= 11 is 0. The summed E-state index contributed by atoms with van der Waals surface area (Å²) in [6, 6.07) is 4.35. The molecule has 10 heteroatoms. The maximum Gasteiger partial charge on any atom is 0.226 e. The molecule has 31 heavy (non-hydrogen) atoms. The molecule has 0 atom stereocenters. The van der Waals surface area contributed by atoms with Gasteiger partial charge in [0.05, 0.1) is 17.3 Å². The molecule has 1 fully saturated rings. The van der Waals surface area contributed by atoms with Crippen LogP contribution in [-0.4, -0.2) is 54.6 Å². The lowest BCUT2D eigenvalue weighted by Gasteiger charge is -2.29. The molecule has 4 aromatic rings. The number of nitrogens with one attached hydrogen (secondary N) is 4. The largest absolute Gasteiger partial charge is 0.372 e. The SMILES string of the molecule is CNc1nc(N[C@H]2CC[C@@H](NC(C)=O)CC2)nc2[nH]cc(-c3ccn4nccc4n3)c12. The van der Waals surface area contributed by atoms with Crippen LogP contribution >= 0.6 is 0 Å². The van der Waals surface area contributed by atoms with Crippen LogP contribution in [-0.2, 0) is 4.79 Å². The van der Waals surface area contributed by atoms with E-state index in [0.29, 0.717) is 5.95 Å². The van der Waals surface area contributed by atoms with Crippen molar-refractivity contribution in [2.75, 3.05) is 17.7 Å². The Morgan fingerprint density at radius 3 is 2.71 bits per heavy atom. The lowest BCUT2D eigenvalue weighted by atomic mass is 9.91. The van der Waals surface area contributed by atoms with Gasteiger partial charge in [-0.2, -0.15) is 15.1 Å². The molecule has 10 nitrogen and oxygen atoms in total. The number of H-pyrrole nitrogens is 1. The predicted octanol–water partition coefficient (Wildman–Crippen LogP) is 2.57. The fourth-order valence-electron chi connectivity index (χ4n) is 4.30. The van der Waals surface area contributed by atoms with Crippen LogP contribution in [0.15, 0.2) is 30.7 Å². The first-order valence-corrected chi connectivity index (χ1v) is 10.5. The fraction of sp³-hybridized carbons (Fsp3) is 0.381. The summed E-state index contributed by atoms with van der Waals surface area (Å²) in [5.41, 5.74) is 3.30. The summed E-state index contributed by atoms with van der Waals surface area (Å²) in [7, 11) is 1.86. The molecule has 1 aliphatic rings. The van der Waals surface area contributed by atoms with Gasteiger partial charge in [-0.3, -0.25) is 4.79 Å². The molecule has 4 heterocycles. The Morgan fingerprint density at radius 1 is 1.13 bits per heavy atom. The van der Waals surface area contributed by atoms with Crippen molar-refractivity contribution in [3.63, 3.8) is 0 Å². The van der Waals surface area contributed by atoms with Crippen molar-refractivity contribution in [3.8, 4) is 11.3 Å². The predicted molar refractivity (Wildman–Crippen MR) is 119 cm³/mol. The Labute approximate surface area is 178 Å². The number of carbonyl (C=O) groups excluding carboxylic acids is 1. The fourth-order valence-corrected chi connectivity index (χ4v) is 4.30. The number of carbonyl (C=O) groups is 1. The van der Waals surface area contributed by atoms with Crippen molar-refractivity contribution in [2.45, 2.75) is 44.7 Å². The Bertz CT molecular complexity index is 1240. The molecule has 1 amide bonds. The smallest absolute Gasteiger partial charge is 0.226 e. The molecule has 0 saturated heterocycles. The van der Waals surface area contributed by atoms with Crippen LogP contribution in [0.2, 0.25) is 0 Å². The average molecular weight is 419 g/mol. The number of anilines is 2. The van der Waals surface area contributed by atoms with Gasteiger partial charge in [0.25, 0.3) is 0 Å². The topological polar surface area (TPSA) is 125 Å². The molecule has 1 saturated carbocycles. The summed E-state index contributed by atoms with van der Waals surface area (Å²) in [5.74, 6) is 1.37. The average Bonchev–Trinajstić information content (AvgIpc) is 3.40. The minimum absolute atomic E-state index is 0.0354. The Balaban J connectivity index is 1.40. The number of fused-ring (bicyclic) bond motifs is 2. The molecular formula is C21H25N9O. The highest BCUT2D eigenvalue weighted by atomic mass is 16.1. The van der Waals surface area contributed by atoms with Gasteiger partial charge in [0.2, 0.25) is 11.9 Å². The number of amides is 1. The summed E-state index contributed by atoms with van der Waals surface area (Å²) in [6.45, 7) is 1.57. The monoisotopic (exact) mass is 419 g/mol. The van der Waals surface area contributed by atoms with E-state index in [2.05, 4.69) is 26.0 Å².